The Morgan fingerprint density at radius 1 is 1.25 bits per heavy atom. The lowest BCUT2D eigenvalue weighted by Crippen LogP contribution is -2.41. The Morgan fingerprint density at radius 3 is 2.75 bits per heavy atom. The van der Waals surface area contributed by atoms with Crippen molar-refractivity contribution in [3.05, 3.63) is 36.2 Å². The molecule has 1 fully saturated rings. The Labute approximate surface area is 118 Å². The van der Waals surface area contributed by atoms with Crippen molar-refractivity contribution in [1.82, 2.24) is 20.2 Å². The number of pyridine rings is 1. The van der Waals surface area contributed by atoms with Gasteiger partial charge >= 0.3 is 0 Å². The first-order chi connectivity index (χ1) is 9.78. The Kier molecular flexibility index (Phi) is 3.69. The van der Waals surface area contributed by atoms with Crippen LogP contribution in [0.3, 0.4) is 0 Å². The van der Waals surface area contributed by atoms with Crippen LogP contribution in [0.5, 0.6) is 0 Å². The molecule has 2 heterocycles. The first-order valence-corrected chi connectivity index (χ1v) is 7.18. The van der Waals surface area contributed by atoms with Gasteiger partial charge in [0.15, 0.2) is 0 Å². The van der Waals surface area contributed by atoms with Gasteiger partial charge in [-0.05, 0) is 44.9 Å². The van der Waals surface area contributed by atoms with Crippen LogP contribution in [0, 0.1) is 0 Å². The van der Waals surface area contributed by atoms with Gasteiger partial charge in [0, 0.05) is 18.3 Å². The number of nitrogens with one attached hydrogen (secondary N) is 2. The van der Waals surface area contributed by atoms with Crippen LogP contribution < -0.4 is 10.6 Å². The van der Waals surface area contributed by atoms with E-state index in [4.69, 9.17) is 0 Å². The fourth-order valence-corrected chi connectivity index (χ4v) is 2.90. The standard InChI is InChI=1S/C15H20N4O/c1-16-11-5-7-12(8-6-11)18-15(20)13-10-17-19-9-3-2-4-14(13)19/h2-4,9-12,16H,5-8H2,1H3,(H,18,20). The van der Waals surface area contributed by atoms with Gasteiger partial charge in [0.2, 0.25) is 0 Å². The highest BCUT2D eigenvalue weighted by molar-refractivity contribution is 6.00. The second kappa shape index (κ2) is 5.63. The highest BCUT2D eigenvalue weighted by atomic mass is 16.1. The van der Waals surface area contributed by atoms with E-state index in [2.05, 4.69) is 15.7 Å². The third-order valence-electron chi connectivity index (χ3n) is 4.14. The third-order valence-corrected chi connectivity index (χ3v) is 4.14. The molecule has 0 spiro atoms. The van der Waals surface area contributed by atoms with E-state index in [1.165, 1.54) is 0 Å². The normalized spacial score (nSPS) is 22.9. The number of nitrogens with zero attached hydrogens (tertiary/aromatic N) is 2. The Balaban J connectivity index is 1.68. The van der Waals surface area contributed by atoms with Gasteiger partial charge in [0.1, 0.15) is 0 Å². The Hall–Kier alpha value is -1.88. The van der Waals surface area contributed by atoms with E-state index in [1.54, 1.807) is 10.7 Å². The summed E-state index contributed by atoms with van der Waals surface area (Å²) >= 11 is 0. The maximum absolute atomic E-state index is 12.4. The molecule has 0 atom stereocenters. The van der Waals surface area contributed by atoms with Crippen LogP contribution in [0.15, 0.2) is 30.6 Å². The molecule has 0 aromatic carbocycles. The Morgan fingerprint density at radius 2 is 2.00 bits per heavy atom. The van der Waals surface area contributed by atoms with Gasteiger partial charge in [-0.25, -0.2) is 4.52 Å². The first-order valence-electron chi connectivity index (χ1n) is 7.18. The summed E-state index contributed by atoms with van der Waals surface area (Å²) in [6.07, 6.45) is 7.81. The second-order valence-corrected chi connectivity index (χ2v) is 5.40. The molecule has 20 heavy (non-hydrogen) atoms. The van der Waals surface area contributed by atoms with Crippen molar-refractivity contribution in [2.24, 2.45) is 0 Å². The zero-order valence-electron chi connectivity index (χ0n) is 11.7. The highest BCUT2D eigenvalue weighted by Gasteiger charge is 2.22. The van der Waals surface area contributed by atoms with Gasteiger partial charge in [-0.1, -0.05) is 6.07 Å². The number of aromatic nitrogens is 2. The number of carbonyl (C=O) groups is 1. The van der Waals surface area contributed by atoms with E-state index in [0.717, 1.165) is 31.2 Å². The predicted octanol–water partition coefficient (Wildman–Crippen LogP) is 1.59. The Bertz CT molecular complexity index is 599. The zero-order valence-corrected chi connectivity index (χ0v) is 11.7. The monoisotopic (exact) mass is 272 g/mol. The number of hydrogen-bond donors (Lipinski definition) is 2. The van der Waals surface area contributed by atoms with Crippen molar-refractivity contribution >= 4 is 11.4 Å². The van der Waals surface area contributed by atoms with Gasteiger partial charge in [0.05, 0.1) is 17.3 Å². The van der Waals surface area contributed by atoms with E-state index < -0.39 is 0 Å². The summed E-state index contributed by atoms with van der Waals surface area (Å²) in [5, 5.41) is 10.6. The minimum absolute atomic E-state index is 0.0147. The first kappa shape index (κ1) is 13.1. The van der Waals surface area contributed by atoms with Crippen molar-refractivity contribution in [2.45, 2.75) is 37.8 Å². The topological polar surface area (TPSA) is 58.4 Å². The van der Waals surface area contributed by atoms with Gasteiger partial charge in [-0.15, -0.1) is 0 Å². The summed E-state index contributed by atoms with van der Waals surface area (Å²) in [6.45, 7) is 0. The minimum atomic E-state index is -0.0147. The van der Waals surface area contributed by atoms with Crippen molar-refractivity contribution in [3.8, 4) is 0 Å². The molecule has 0 saturated heterocycles. The molecule has 106 valence electrons. The molecular formula is C15H20N4O. The molecule has 5 heteroatoms. The van der Waals surface area contributed by atoms with Crippen LogP contribution in [0.2, 0.25) is 0 Å². The smallest absolute Gasteiger partial charge is 0.255 e. The molecule has 2 N–H and O–H groups in total. The van der Waals surface area contributed by atoms with Crippen LogP contribution in [-0.4, -0.2) is 34.7 Å². The molecule has 0 radical (unpaired) electrons. The lowest BCUT2D eigenvalue weighted by Gasteiger charge is -2.28. The van der Waals surface area contributed by atoms with E-state index in [1.807, 2.05) is 31.4 Å². The molecule has 2 aromatic rings. The van der Waals surface area contributed by atoms with Gasteiger partial charge in [-0.2, -0.15) is 5.10 Å². The largest absolute Gasteiger partial charge is 0.349 e. The van der Waals surface area contributed by atoms with E-state index in [9.17, 15) is 4.79 Å². The van der Waals surface area contributed by atoms with Gasteiger partial charge in [0.25, 0.3) is 5.91 Å². The molecule has 0 unspecified atom stereocenters. The zero-order chi connectivity index (χ0) is 13.9. The fraction of sp³-hybridized carbons (Fsp3) is 0.467. The maximum Gasteiger partial charge on any atom is 0.255 e. The summed E-state index contributed by atoms with van der Waals surface area (Å²) in [6, 6.07) is 6.62. The predicted molar refractivity (Wildman–Crippen MR) is 77.8 cm³/mol. The molecule has 1 aliphatic rings. The van der Waals surface area contributed by atoms with Crippen LogP contribution in [-0.2, 0) is 0 Å². The maximum atomic E-state index is 12.4. The molecule has 5 nitrogen and oxygen atoms in total. The molecule has 1 saturated carbocycles. The van der Waals surface area contributed by atoms with Crippen molar-refractivity contribution < 1.29 is 4.79 Å². The van der Waals surface area contributed by atoms with Gasteiger partial charge < -0.3 is 10.6 Å². The summed E-state index contributed by atoms with van der Waals surface area (Å²) in [7, 11) is 2.00. The average Bonchev–Trinajstić information content (AvgIpc) is 2.92. The number of rotatable bonds is 3. The molecule has 0 bridgehead atoms. The fourth-order valence-electron chi connectivity index (χ4n) is 2.90. The number of fused-ring (bicyclic) bond motifs is 1. The van der Waals surface area contributed by atoms with Crippen molar-refractivity contribution in [1.29, 1.82) is 0 Å². The van der Waals surface area contributed by atoms with Crippen molar-refractivity contribution in [3.63, 3.8) is 0 Å². The summed E-state index contributed by atoms with van der Waals surface area (Å²) in [5.74, 6) is -0.0147. The summed E-state index contributed by atoms with van der Waals surface area (Å²) < 4.78 is 1.73. The van der Waals surface area contributed by atoms with Crippen LogP contribution in [0.1, 0.15) is 36.0 Å². The molecule has 1 amide bonds. The molecule has 0 aliphatic heterocycles. The average molecular weight is 272 g/mol. The molecule has 3 rings (SSSR count). The van der Waals surface area contributed by atoms with E-state index in [-0.39, 0.29) is 11.9 Å². The van der Waals surface area contributed by atoms with E-state index >= 15 is 0 Å². The molecular weight excluding hydrogens is 252 g/mol. The lowest BCUT2D eigenvalue weighted by atomic mass is 9.91. The second-order valence-electron chi connectivity index (χ2n) is 5.40. The lowest BCUT2D eigenvalue weighted by molar-refractivity contribution is 0.0926. The van der Waals surface area contributed by atoms with Crippen LogP contribution in [0.25, 0.3) is 5.52 Å². The summed E-state index contributed by atoms with van der Waals surface area (Å²) in [4.78, 5) is 12.4. The number of carbonyl (C=O) groups excluding carboxylic acids is 1. The minimum Gasteiger partial charge on any atom is -0.349 e. The highest BCUT2D eigenvalue weighted by Crippen LogP contribution is 2.19. The third kappa shape index (κ3) is 2.54. The van der Waals surface area contributed by atoms with Crippen LogP contribution >= 0.6 is 0 Å². The van der Waals surface area contributed by atoms with Gasteiger partial charge in [-0.3, -0.25) is 4.79 Å². The quantitative estimate of drug-likeness (QED) is 0.892. The van der Waals surface area contributed by atoms with Crippen LogP contribution in [0.4, 0.5) is 0 Å². The molecule has 1 aliphatic carbocycles. The summed E-state index contributed by atoms with van der Waals surface area (Å²) in [5.41, 5.74) is 1.51. The SMILES string of the molecule is CNC1CCC(NC(=O)c2cnn3ccccc23)CC1. The molecule has 2 aromatic heterocycles. The van der Waals surface area contributed by atoms with E-state index in [0.29, 0.717) is 11.6 Å². The number of hydrogen-bond acceptors (Lipinski definition) is 3. The van der Waals surface area contributed by atoms with Crippen molar-refractivity contribution in [2.75, 3.05) is 7.05 Å². The number of amides is 1.